The molecule has 1 fully saturated rings. The number of benzene rings is 1. The van der Waals surface area contributed by atoms with E-state index in [0.717, 1.165) is 23.4 Å². The molecule has 5 rings (SSSR count). The molecule has 2 aliphatic rings. The summed E-state index contributed by atoms with van der Waals surface area (Å²) in [6.07, 6.45) is 6.01. The fourth-order valence-electron chi connectivity index (χ4n) is 3.84. The van der Waals surface area contributed by atoms with Crippen molar-refractivity contribution in [3.8, 4) is 11.4 Å². The normalized spacial score (nSPS) is 18.8. The molecule has 0 bridgehead atoms. The van der Waals surface area contributed by atoms with Crippen molar-refractivity contribution in [3.05, 3.63) is 60.4 Å². The van der Waals surface area contributed by atoms with E-state index in [0.29, 0.717) is 32.1 Å². The van der Waals surface area contributed by atoms with Crippen LogP contribution in [0.4, 0.5) is 10.7 Å². The van der Waals surface area contributed by atoms with Crippen molar-refractivity contribution in [1.29, 1.82) is 0 Å². The number of carbonyl (C=O) groups is 1. The Balaban J connectivity index is 1.24. The molecule has 30 heavy (non-hydrogen) atoms. The number of H-pyrrole nitrogens is 1. The standard InChI is InChI=1S/C21H22N8O/c30-21(29-19(8-11-24-29)16-4-2-1-3-5-16)28-14-12-27(13-15-28)20-22-9-6-17(25-20)18-7-10-23-26-18/h1-7,9-11,19H,8,12-15H2,(H,23,26). The number of carbonyl (C=O) groups excluding carboxylic acids is 1. The van der Waals surface area contributed by atoms with E-state index in [4.69, 9.17) is 0 Å². The summed E-state index contributed by atoms with van der Waals surface area (Å²) in [5.41, 5.74) is 2.76. The molecule has 1 aromatic carbocycles. The Morgan fingerprint density at radius 3 is 2.60 bits per heavy atom. The number of rotatable bonds is 3. The molecule has 4 heterocycles. The van der Waals surface area contributed by atoms with Crippen LogP contribution in [-0.4, -0.2) is 68.5 Å². The molecule has 2 aromatic heterocycles. The minimum absolute atomic E-state index is 0.0360. The maximum absolute atomic E-state index is 13.1. The maximum atomic E-state index is 13.1. The van der Waals surface area contributed by atoms with E-state index < -0.39 is 0 Å². The molecule has 0 spiro atoms. The number of amides is 2. The van der Waals surface area contributed by atoms with Gasteiger partial charge in [-0.2, -0.15) is 10.2 Å². The van der Waals surface area contributed by atoms with Gasteiger partial charge in [-0.1, -0.05) is 30.3 Å². The fourth-order valence-corrected chi connectivity index (χ4v) is 3.84. The summed E-state index contributed by atoms with van der Waals surface area (Å²) in [5.74, 6) is 0.663. The number of urea groups is 1. The Labute approximate surface area is 174 Å². The second kappa shape index (κ2) is 7.94. The summed E-state index contributed by atoms with van der Waals surface area (Å²) in [5, 5.41) is 12.9. The zero-order chi connectivity index (χ0) is 20.3. The highest BCUT2D eigenvalue weighted by atomic mass is 16.2. The molecule has 1 atom stereocenters. The number of hydrazone groups is 1. The molecule has 2 amide bonds. The summed E-state index contributed by atoms with van der Waals surface area (Å²) < 4.78 is 0. The lowest BCUT2D eigenvalue weighted by Crippen LogP contribution is -2.52. The number of nitrogens with one attached hydrogen (secondary N) is 1. The number of piperazine rings is 1. The third kappa shape index (κ3) is 3.49. The van der Waals surface area contributed by atoms with E-state index in [1.807, 2.05) is 53.6 Å². The Morgan fingerprint density at radius 2 is 1.83 bits per heavy atom. The molecule has 1 saturated heterocycles. The Morgan fingerprint density at radius 1 is 1.00 bits per heavy atom. The van der Waals surface area contributed by atoms with E-state index in [1.165, 1.54) is 0 Å². The van der Waals surface area contributed by atoms with Gasteiger partial charge >= 0.3 is 6.03 Å². The number of nitrogens with zero attached hydrogens (tertiary/aromatic N) is 7. The molecular weight excluding hydrogens is 380 g/mol. The molecule has 3 aromatic rings. The largest absolute Gasteiger partial charge is 0.341 e. The minimum Gasteiger partial charge on any atom is -0.337 e. The van der Waals surface area contributed by atoms with Gasteiger partial charge in [0.1, 0.15) is 0 Å². The third-order valence-electron chi connectivity index (χ3n) is 5.46. The third-order valence-corrected chi connectivity index (χ3v) is 5.46. The average molecular weight is 402 g/mol. The fraction of sp³-hybridized carbons (Fsp3) is 0.286. The van der Waals surface area contributed by atoms with E-state index in [-0.39, 0.29) is 12.1 Å². The van der Waals surface area contributed by atoms with Crippen molar-refractivity contribution in [3.63, 3.8) is 0 Å². The average Bonchev–Trinajstić information content (AvgIpc) is 3.52. The van der Waals surface area contributed by atoms with Crippen LogP contribution in [0.2, 0.25) is 0 Å². The SMILES string of the molecule is O=C(N1CCN(c2nccc(-c3ccn[nH]3)n2)CC1)N1N=CCC1c1ccccc1. The topological polar surface area (TPSA) is 93.6 Å². The van der Waals surface area contributed by atoms with Crippen molar-refractivity contribution in [2.75, 3.05) is 31.1 Å². The highest BCUT2D eigenvalue weighted by Gasteiger charge is 2.33. The number of anilines is 1. The second-order valence-electron chi connectivity index (χ2n) is 7.27. The van der Waals surface area contributed by atoms with Crippen LogP contribution in [-0.2, 0) is 0 Å². The van der Waals surface area contributed by atoms with Gasteiger partial charge < -0.3 is 9.80 Å². The van der Waals surface area contributed by atoms with Gasteiger partial charge in [0.15, 0.2) is 0 Å². The zero-order valence-corrected chi connectivity index (χ0v) is 16.4. The molecule has 0 radical (unpaired) electrons. The van der Waals surface area contributed by atoms with Gasteiger partial charge in [-0.15, -0.1) is 0 Å². The first-order valence-electron chi connectivity index (χ1n) is 10.0. The molecule has 9 heteroatoms. The van der Waals surface area contributed by atoms with Crippen molar-refractivity contribution in [2.24, 2.45) is 5.10 Å². The Bertz CT molecular complexity index is 1030. The van der Waals surface area contributed by atoms with Crippen molar-refractivity contribution >= 4 is 18.2 Å². The van der Waals surface area contributed by atoms with Gasteiger partial charge in [0, 0.05) is 51.2 Å². The van der Waals surface area contributed by atoms with E-state index in [9.17, 15) is 4.79 Å². The lowest BCUT2D eigenvalue weighted by atomic mass is 10.1. The van der Waals surface area contributed by atoms with Crippen LogP contribution in [0.25, 0.3) is 11.4 Å². The number of hydrogen-bond donors (Lipinski definition) is 1. The predicted octanol–water partition coefficient (Wildman–Crippen LogP) is 2.54. The van der Waals surface area contributed by atoms with Crippen LogP contribution >= 0.6 is 0 Å². The molecule has 1 unspecified atom stereocenters. The summed E-state index contributed by atoms with van der Waals surface area (Å²) >= 11 is 0. The lowest BCUT2D eigenvalue weighted by Gasteiger charge is -2.37. The monoisotopic (exact) mass is 402 g/mol. The Kier molecular flexibility index (Phi) is 4.84. The van der Waals surface area contributed by atoms with Crippen molar-refractivity contribution in [1.82, 2.24) is 30.1 Å². The zero-order valence-electron chi connectivity index (χ0n) is 16.4. The van der Waals surface area contributed by atoms with Crippen LogP contribution in [0.5, 0.6) is 0 Å². The van der Waals surface area contributed by atoms with E-state index in [2.05, 4.69) is 30.2 Å². The number of aromatic nitrogens is 4. The smallest absolute Gasteiger partial charge is 0.337 e. The van der Waals surface area contributed by atoms with Crippen LogP contribution < -0.4 is 4.90 Å². The molecule has 9 nitrogen and oxygen atoms in total. The first-order chi connectivity index (χ1) is 14.8. The first kappa shape index (κ1) is 18.3. The number of hydrogen-bond acceptors (Lipinski definition) is 6. The molecule has 152 valence electrons. The van der Waals surface area contributed by atoms with Gasteiger partial charge in [0.25, 0.3) is 0 Å². The van der Waals surface area contributed by atoms with Crippen molar-refractivity contribution < 1.29 is 4.79 Å². The summed E-state index contributed by atoms with van der Waals surface area (Å²) in [7, 11) is 0. The first-order valence-corrected chi connectivity index (χ1v) is 10.0. The quantitative estimate of drug-likeness (QED) is 0.727. The molecule has 1 N–H and O–H groups in total. The minimum atomic E-state index is -0.0515. The lowest BCUT2D eigenvalue weighted by molar-refractivity contribution is 0.139. The van der Waals surface area contributed by atoms with Crippen LogP contribution in [0.15, 0.2) is 60.0 Å². The Hall–Kier alpha value is -3.75. The van der Waals surface area contributed by atoms with E-state index >= 15 is 0 Å². The van der Waals surface area contributed by atoms with E-state index in [1.54, 1.807) is 17.4 Å². The molecule has 0 aliphatic carbocycles. The van der Waals surface area contributed by atoms with Crippen LogP contribution in [0, 0.1) is 0 Å². The maximum Gasteiger partial charge on any atom is 0.341 e. The number of aromatic amines is 1. The van der Waals surface area contributed by atoms with Crippen LogP contribution in [0.3, 0.4) is 0 Å². The second-order valence-corrected chi connectivity index (χ2v) is 7.27. The summed E-state index contributed by atoms with van der Waals surface area (Å²) in [6.45, 7) is 2.55. The molecule has 2 aliphatic heterocycles. The predicted molar refractivity (Wildman–Crippen MR) is 113 cm³/mol. The van der Waals surface area contributed by atoms with Gasteiger partial charge in [-0.25, -0.2) is 19.8 Å². The van der Waals surface area contributed by atoms with Crippen LogP contribution in [0.1, 0.15) is 18.0 Å². The van der Waals surface area contributed by atoms with Gasteiger partial charge in [0.05, 0.1) is 17.4 Å². The highest BCUT2D eigenvalue weighted by Crippen LogP contribution is 2.29. The van der Waals surface area contributed by atoms with Crippen molar-refractivity contribution in [2.45, 2.75) is 12.5 Å². The summed E-state index contributed by atoms with van der Waals surface area (Å²) in [4.78, 5) is 26.1. The molecule has 0 saturated carbocycles. The molecular formula is C21H22N8O. The van der Waals surface area contributed by atoms with Gasteiger partial charge in [0.2, 0.25) is 5.95 Å². The van der Waals surface area contributed by atoms with Gasteiger partial charge in [-0.05, 0) is 17.7 Å². The van der Waals surface area contributed by atoms with Gasteiger partial charge in [-0.3, -0.25) is 5.10 Å². The highest BCUT2D eigenvalue weighted by molar-refractivity contribution is 5.78. The summed E-state index contributed by atoms with van der Waals surface area (Å²) in [6, 6.07) is 13.7.